The van der Waals surface area contributed by atoms with Gasteiger partial charge in [0.15, 0.2) is 0 Å². The van der Waals surface area contributed by atoms with Gasteiger partial charge in [-0.05, 0) is 53.9 Å². The van der Waals surface area contributed by atoms with E-state index >= 15 is 0 Å². The van der Waals surface area contributed by atoms with Crippen LogP contribution in [0.25, 0.3) is 0 Å². The van der Waals surface area contributed by atoms with Gasteiger partial charge in [0, 0.05) is 6.54 Å². The van der Waals surface area contributed by atoms with Gasteiger partial charge in [-0.3, -0.25) is 4.98 Å². The van der Waals surface area contributed by atoms with Crippen LogP contribution < -0.4 is 5.59 Å². The number of nitrogens with zero attached hydrogens (tertiary/aromatic N) is 2. The Morgan fingerprint density at radius 1 is 1.15 bits per heavy atom. The highest BCUT2D eigenvalue weighted by atomic mass is 35.5. The van der Waals surface area contributed by atoms with E-state index in [2.05, 4.69) is 4.98 Å². The summed E-state index contributed by atoms with van der Waals surface area (Å²) in [5, 5.41) is 0.666. The van der Waals surface area contributed by atoms with E-state index in [1.54, 1.807) is 0 Å². The highest BCUT2D eigenvalue weighted by molar-refractivity contribution is 6.61. The van der Waals surface area contributed by atoms with Gasteiger partial charge in [-0.1, -0.05) is 11.6 Å². The molecule has 0 N–H and O–H groups in total. The Balaban J connectivity index is 2.27. The van der Waals surface area contributed by atoms with Crippen LogP contribution in [0, 0.1) is 0 Å². The molecule has 0 bridgehead atoms. The molecule has 1 aliphatic rings. The summed E-state index contributed by atoms with van der Waals surface area (Å²) in [5.41, 5.74) is 0.885. The van der Waals surface area contributed by atoms with Crippen LogP contribution in [0.1, 0.15) is 33.4 Å². The Morgan fingerprint density at radius 2 is 1.70 bits per heavy atom. The molecule has 2 heterocycles. The first kappa shape index (κ1) is 15.8. The predicted molar refractivity (Wildman–Crippen MR) is 82.4 cm³/mol. The van der Waals surface area contributed by atoms with E-state index in [0.29, 0.717) is 11.6 Å². The molecule has 6 heteroatoms. The second-order valence-electron chi connectivity index (χ2n) is 6.49. The zero-order valence-electron chi connectivity index (χ0n) is 13.0. The van der Waals surface area contributed by atoms with E-state index in [4.69, 9.17) is 20.9 Å². The van der Waals surface area contributed by atoms with Gasteiger partial charge in [0.25, 0.3) is 0 Å². The maximum absolute atomic E-state index is 6.19. The molecule has 0 atom stereocenters. The van der Waals surface area contributed by atoms with Crippen molar-refractivity contribution in [1.29, 1.82) is 0 Å². The van der Waals surface area contributed by atoms with Gasteiger partial charge in [-0.2, -0.15) is 0 Å². The summed E-state index contributed by atoms with van der Waals surface area (Å²) in [5.74, 6) is 0. The Morgan fingerprint density at radius 3 is 2.20 bits per heavy atom. The van der Waals surface area contributed by atoms with Crippen LogP contribution in [0.3, 0.4) is 0 Å². The SMILES string of the molecule is CN(C)Cc1nc(B2OC(C)(C)C(C)(C)O2)ccc1Cl. The Hall–Kier alpha value is -0.615. The number of rotatable bonds is 3. The molecule has 1 aromatic heterocycles. The van der Waals surface area contributed by atoms with Gasteiger partial charge in [0.05, 0.1) is 27.5 Å². The minimum atomic E-state index is -0.446. The molecule has 0 unspecified atom stereocenters. The van der Waals surface area contributed by atoms with Crippen molar-refractivity contribution in [3.8, 4) is 0 Å². The lowest BCUT2D eigenvalue weighted by molar-refractivity contribution is 0.00578. The topological polar surface area (TPSA) is 34.6 Å². The maximum Gasteiger partial charge on any atom is 0.514 e. The molecule has 0 radical (unpaired) electrons. The lowest BCUT2D eigenvalue weighted by Crippen LogP contribution is -2.41. The van der Waals surface area contributed by atoms with Crippen molar-refractivity contribution >= 4 is 24.3 Å². The maximum atomic E-state index is 6.19. The molecular weight excluding hydrogens is 274 g/mol. The van der Waals surface area contributed by atoms with Crippen LogP contribution in [-0.4, -0.2) is 42.3 Å². The van der Waals surface area contributed by atoms with Gasteiger partial charge in [0.2, 0.25) is 0 Å². The summed E-state index contributed by atoms with van der Waals surface area (Å²) in [6.07, 6.45) is 0. The molecule has 0 saturated carbocycles. The van der Waals surface area contributed by atoms with E-state index in [-0.39, 0.29) is 11.2 Å². The minimum Gasteiger partial charge on any atom is -0.398 e. The fourth-order valence-corrected chi connectivity index (χ4v) is 2.17. The molecule has 0 aliphatic carbocycles. The third kappa shape index (κ3) is 3.01. The second-order valence-corrected chi connectivity index (χ2v) is 6.90. The molecule has 0 amide bonds. The third-order valence-corrected chi connectivity index (χ3v) is 4.25. The quantitative estimate of drug-likeness (QED) is 0.800. The second kappa shape index (κ2) is 5.30. The molecule has 0 spiro atoms. The van der Waals surface area contributed by atoms with Gasteiger partial charge in [-0.15, -0.1) is 0 Å². The molecule has 0 aromatic carbocycles. The minimum absolute atomic E-state index is 0.360. The van der Waals surface area contributed by atoms with Crippen molar-refractivity contribution in [2.24, 2.45) is 0 Å². The zero-order chi connectivity index (χ0) is 15.1. The zero-order valence-corrected chi connectivity index (χ0v) is 13.8. The van der Waals surface area contributed by atoms with E-state index in [1.165, 1.54) is 0 Å². The largest absolute Gasteiger partial charge is 0.514 e. The normalized spacial score (nSPS) is 20.7. The molecule has 2 rings (SSSR count). The molecule has 110 valence electrons. The first-order valence-electron chi connectivity index (χ1n) is 6.78. The summed E-state index contributed by atoms with van der Waals surface area (Å²) in [7, 11) is 3.53. The summed E-state index contributed by atoms with van der Waals surface area (Å²) in [6.45, 7) is 8.81. The van der Waals surface area contributed by atoms with Gasteiger partial charge in [0.1, 0.15) is 0 Å². The predicted octanol–water partition coefficient (Wildman–Crippen LogP) is 2.10. The number of hydrogen-bond donors (Lipinski definition) is 0. The van der Waals surface area contributed by atoms with Crippen LogP contribution in [-0.2, 0) is 15.9 Å². The van der Waals surface area contributed by atoms with Crippen LogP contribution in [0.15, 0.2) is 12.1 Å². The Labute approximate surface area is 126 Å². The monoisotopic (exact) mass is 296 g/mol. The van der Waals surface area contributed by atoms with Gasteiger partial charge >= 0.3 is 7.12 Å². The molecule has 1 saturated heterocycles. The highest BCUT2D eigenvalue weighted by Crippen LogP contribution is 2.36. The van der Waals surface area contributed by atoms with Crippen LogP contribution in [0.2, 0.25) is 5.02 Å². The summed E-state index contributed by atoms with van der Waals surface area (Å²) in [4.78, 5) is 6.63. The average molecular weight is 297 g/mol. The third-order valence-electron chi connectivity index (χ3n) is 3.90. The first-order valence-corrected chi connectivity index (χ1v) is 7.16. The number of hydrogen-bond acceptors (Lipinski definition) is 4. The van der Waals surface area contributed by atoms with Crippen molar-refractivity contribution in [3.05, 3.63) is 22.8 Å². The van der Waals surface area contributed by atoms with E-state index in [1.807, 2.05) is 58.8 Å². The Kier molecular flexibility index (Phi) is 4.18. The van der Waals surface area contributed by atoms with Crippen molar-refractivity contribution in [3.63, 3.8) is 0 Å². The standard InChI is InChI=1S/C14H22BClN2O2/c1-13(2)14(3,4)20-15(19-13)12-8-7-10(16)11(17-12)9-18(5)6/h7-8H,9H2,1-6H3. The molecule has 1 aromatic rings. The molecular formula is C14H22BClN2O2. The van der Waals surface area contributed by atoms with Crippen molar-refractivity contribution in [2.75, 3.05) is 14.1 Å². The van der Waals surface area contributed by atoms with Crippen LogP contribution in [0.5, 0.6) is 0 Å². The van der Waals surface area contributed by atoms with Crippen molar-refractivity contribution < 1.29 is 9.31 Å². The molecule has 20 heavy (non-hydrogen) atoms. The first-order chi connectivity index (χ1) is 9.12. The number of pyridine rings is 1. The molecule has 4 nitrogen and oxygen atoms in total. The molecule has 1 aliphatic heterocycles. The summed E-state index contributed by atoms with van der Waals surface area (Å²) >= 11 is 6.19. The lowest BCUT2D eigenvalue weighted by Gasteiger charge is -2.32. The number of halogens is 1. The number of aromatic nitrogens is 1. The van der Waals surface area contributed by atoms with E-state index < -0.39 is 7.12 Å². The van der Waals surface area contributed by atoms with Crippen molar-refractivity contribution in [1.82, 2.24) is 9.88 Å². The average Bonchev–Trinajstić information content (AvgIpc) is 2.50. The van der Waals surface area contributed by atoms with Crippen LogP contribution >= 0.6 is 11.6 Å². The van der Waals surface area contributed by atoms with Gasteiger partial charge in [-0.25, -0.2) is 0 Å². The lowest BCUT2D eigenvalue weighted by atomic mass is 9.84. The Bertz CT molecular complexity index is 490. The highest BCUT2D eigenvalue weighted by Gasteiger charge is 2.52. The van der Waals surface area contributed by atoms with E-state index in [9.17, 15) is 0 Å². The smallest absolute Gasteiger partial charge is 0.398 e. The van der Waals surface area contributed by atoms with Crippen LogP contribution in [0.4, 0.5) is 0 Å². The fraction of sp³-hybridized carbons (Fsp3) is 0.643. The summed E-state index contributed by atoms with van der Waals surface area (Å²) in [6, 6.07) is 3.72. The summed E-state index contributed by atoms with van der Waals surface area (Å²) < 4.78 is 12.0. The van der Waals surface area contributed by atoms with E-state index in [0.717, 1.165) is 11.3 Å². The van der Waals surface area contributed by atoms with Gasteiger partial charge < -0.3 is 14.2 Å². The molecule has 1 fully saturated rings. The van der Waals surface area contributed by atoms with Crippen molar-refractivity contribution in [2.45, 2.75) is 45.4 Å². The fourth-order valence-electron chi connectivity index (χ4n) is 2.01.